The van der Waals surface area contributed by atoms with Gasteiger partial charge in [0.15, 0.2) is 0 Å². The molecular weight excluding hydrogens is 512 g/mol. The van der Waals surface area contributed by atoms with Gasteiger partial charge in [0, 0.05) is 6.54 Å². The van der Waals surface area contributed by atoms with Gasteiger partial charge in [-0.25, -0.2) is 0 Å². The van der Waals surface area contributed by atoms with Crippen LogP contribution in [0.5, 0.6) is 0 Å². The number of hydrogen-bond acceptors (Lipinski definition) is 5. The molecule has 2 unspecified atom stereocenters. The predicted molar refractivity (Wildman–Crippen MR) is 161 cm³/mol. The molecule has 0 spiro atoms. The Hall–Kier alpha value is -3.52. The van der Waals surface area contributed by atoms with Crippen LogP contribution in [0.1, 0.15) is 54.0 Å². The summed E-state index contributed by atoms with van der Waals surface area (Å²) in [6.07, 6.45) is 5.45. The van der Waals surface area contributed by atoms with Crippen molar-refractivity contribution in [2.45, 2.75) is 68.6 Å². The lowest BCUT2D eigenvalue weighted by molar-refractivity contribution is -0.133. The number of fused-ring (bicyclic) bond motifs is 1. The van der Waals surface area contributed by atoms with Crippen LogP contribution in [0.3, 0.4) is 0 Å². The van der Waals surface area contributed by atoms with Crippen molar-refractivity contribution < 1.29 is 14.3 Å². The second-order valence-electron chi connectivity index (χ2n) is 11.4. The molecular formula is C34H42N4O3. The van der Waals surface area contributed by atoms with Gasteiger partial charge in [0.1, 0.15) is 6.04 Å². The summed E-state index contributed by atoms with van der Waals surface area (Å²) in [6, 6.07) is 27.3. The number of amides is 2. The van der Waals surface area contributed by atoms with Gasteiger partial charge in [-0.05, 0) is 67.2 Å². The number of aryl methyl sites for hydroxylation is 3. The topological polar surface area (TPSA) is 105 Å². The molecule has 1 aliphatic carbocycles. The fourth-order valence-electron chi connectivity index (χ4n) is 5.88. The summed E-state index contributed by atoms with van der Waals surface area (Å²) in [6.45, 7) is 1.32. The van der Waals surface area contributed by atoms with E-state index in [1.807, 2.05) is 42.5 Å². The van der Waals surface area contributed by atoms with E-state index in [1.165, 1.54) is 11.1 Å². The Bertz CT molecular complexity index is 1270. The van der Waals surface area contributed by atoms with Crippen molar-refractivity contribution in [1.82, 2.24) is 16.0 Å². The zero-order chi connectivity index (χ0) is 28.5. The van der Waals surface area contributed by atoms with E-state index in [-0.39, 0.29) is 17.9 Å². The number of nitrogens with two attached hydrogens (primary N) is 1. The number of hydrogen-bond donors (Lipinski definition) is 4. The van der Waals surface area contributed by atoms with Gasteiger partial charge in [-0.1, -0.05) is 84.9 Å². The number of carbonyl (C=O) groups is 2. The smallest absolute Gasteiger partial charge is 0.243 e. The summed E-state index contributed by atoms with van der Waals surface area (Å²) in [5, 5.41) is 9.92. The molecule has 1 heterocycles. The van der Waals surface area contributed by atoms with Crippen LogP contribution in [-0.2, 0) is 33.6 Å². The number of rotatable bonds is 13. The van der Waals surface area contributed by atoms with Crippen molar-refractivity contribution in [3.05, 3.63) is 107 Å². The molecule has 0 saturated carbocycles. The van der Waals surface area contributed by atoms with Gasteiger partial charge in [0.25, 0.3) is 0 Å². The normalized spacial score (nSPS) is 18.8. The lowest BCUT2D eigenvalue weighted by atomic mass is 9.87. The zero-order valence-electron chi connectivity index (χ0n) is 23.7. The lowest BCUT2D eigenvalue weighted by Crippen LogP contribution is -2.69. The SMILES string of the molecule is NCC1(NC(CCc2ccccc2)C(=O)NC(CCc2ccccc2)C(=O)N[C@@H]2CCCc3ccccc32)COC1. The van der Waals surface area contributed by atoms with Crippen LogP contribution in [0.2, 0.25) is 0 Å². The van der Waals surface area contributed by atoms with Crippen molar-refractivity contribution in [1.29, 1.82) is 0 Å². The first kappa shape index (κ1) is 29.0. The summed E-state index contributed by atoms with van der Waals surface area (Å²) in [7, 11) is 0. The number of nitrogens with one attached hydrogen (secondary N) is 3. The summed E-state index contributed by atoms with van der Waals surface area (Å²) in [5.74, 6) is -0.323. The van der Waals surface area contributed by atoms with Crippen molar-refractivity contribution in [2.75, 3.05) is 19.8 Å². The molecule has 2 amide bonds. The average molecular weight is 555 g/mol. The maximum atomic E-state index is 13.9. The minimum Gasteiger partial charge on any atom is -0.377 e. The van der Waals surface area contributed by atoms with Gasteiger partial charge in [0.2, 0.25) is 11.8 Å². The van der Waals surface area contributed by atoms with E-state index >= 15 is 0 Å². The third-order valence-electron chi connectivity index (χ3n) is 8.39. The highest BCUT2D eigenvalue weighted by Crippen LogP contribution is 2.29. The molecule has 3 atom stereocenters. The van der Waals surface area contributed by atoms with Crippen LogP contribution in [0, 0.1) is 0 Å². The molecule has 1 aliphatic heterocycles. The molecule has 7 heteroatoms. The molecule has 5 N–H and O–H groups in total. The second-order valence-corrected chi connectivity index (χ2v) is 11.4. The molecule has 0 aromatic heterocycles. The zero-order valence-corrected chi connectivity index (χ0v) is 23.7. The summed E-state index contributed by atoms with van der Waals surface area (Å²) < 4.78 is 5.45. The van der Waals surface area contributed by atoms with Crippen LogP contribution < -0.4 is 21.7 Å². The first-order chi connectivity index (χ1) is 20.0. The Morgan fingerprint density at radius 3 is 2.05 bits per heavy atom. The third-order valence-corrected chi connectivity index (χ3v) is 8.39. The molecule has 2 aliphatic rings. The van der Waals surface area contributed by atoms with Crippen LogP contribution in [0.25, 0.3) is 0 Å². The average Bonchev–Trinajstić information content (AvgIpc) is 2.99. The predicted octanol–water partition coefficient (Wildman–Crippen LogP) is 3.62. The monoisotopic (exact) mass is 554 g/mol. The lowest BCUT2D eigenvalue weighted by Gasteiger charge is -2.43. The number of carbonyl (C=O) groups excluding carboxylic acids is 2. The first-order valence-electron chi connectivity index (χ1n) is 14.9. The molecule has 3 aromatic carbocycles. The third kappa shape index (κ3) is 7.61. The van der Waals surface area contributed by atoms with Crippen molar-refractivity contribution >= 4 is 11.8 Å². The Balaban J connectivity index is 1.32. The molecule has 7 nitrogen and oxygen atoms in total. The highest BCUT2D eigenvalue weighted by molar-refractivity contribution is 5.90. The van der Waals surface area contributed by atoms with Crippen LogP contribution in [0.4, 0.5) is 0 Å². The van der Waals surface area contributed by atoms with E-state index in [1.54, 1.807) is 0 Å². The highest BCUT2D eigenvalue weighted by atomic mass is 16.5. The molecule has 5 rings (SSSR count). The molecule has 41 heavy (non-hydrogen) atoms. The molecule has 3 aromatic rings. The molecule has 1 fully saturated rings. The molecule has 1 saturated heterocycles. The summed E-state index contributed by atoms with van der Waals surface area (Å²) in [5.41, 5.74) is 10.4. The van der Waals surface area contributed by atoms with Crippen molar-refractivity contribution in [3.63, 3.8) is 0 Å². The van der Waals surface area contributed by atoms with Gasteiger partial charge in [-0.2, -0.15) is 0 Å². The van der Waals surface area contributed by atoms with E-state index in [4.69, 9.17) is 10.5 Å². The second kappa shape index (κ2) is 13.9. The largest absolute Gasteiger partial charge is 0.377 e. The van der Waals surface area contributed by atoms with Gasteiger partial charge in [-0.15, -0.1) is 0 Å². The molecule has 0 radical (unpaired) electrons. The quantitative estimate of drug-likeness (QED) is 0.258. The van der Waals surface area contributed by atoms with E-state index < -0.39 is 17.6 Å². The molecule has 216 valence electrons. The Morgan fingerprint density at radius 2 is 1.44 bits per heavy atom. The number of benzene rings is 3. The van der Waals surface area contributed by atoms with Crippen LogP contribution >= 0.6 is 0 Å². The standard InChI is InChI=1S/C34H42N4O3/c35-22-34(23-41-24-34)38-31(21-19-26-12-5-2-6-13-26)33(40)37-30(20-18-25-10-3-1-4-11-25)32(39)36-29-17-9-15-27-14-7-8-16-28(27)29/h1-8,10-14,16,29-31,38H,9,15,17-24,35H2,(H,36,39)(H,37,40)/t29-,30?,31?/m1/s1. The van der Waals surface area contributed by atoms with Gasteiger partial charge >= 0.3 is 0 Å². The first-order valence-corrected chi connectivity index (χ1v) is 14.9. The Kier molecular flexibility index (Phi) is 9.83. The number of ether oxygens (including phenoxy) is 1. The van der Waals surface area contributed by atoms with Gasteiger partial charge in [-0.3, -0.25) is 14.9 Å². The van der Waals surface area contributed by atoms with Crippen molar-refractivity contribution in [2.24, 2.45) is 5.73 Å². The maximum Gasteiger partial charge on any atom is 0.243 e. The summed E-state index contributed by atoms with van der Waals surface area (Å²) >= 11 is 0. The Morgan fingerprint density at radius 1 is 0.829 bits per heavy atom. The minimum atomic E-state index is -0.663. The fourth-order valence-corrected chi connectivity index (χ4v) is 5.88. The highest BCUT2D eigenvalue weighted by Gasteiger charge is 2.41. The van der Waals surface area contributed by atoms with E-state index in [2.05, 4.69) is 58.4 Å². The maximum absolute atomic E-state index is 13.9. The fraction of sp³-hybridized carbons (Fsp3) is 0.412. The molecule has 0 bridgehead atoms. The van der Waals surface area contributed by atoms with E-state index in [0.29, 0.717) is 39.0 Å². The summed E-state index contributed by atoms with van der Waals surface area (Å²) in [4.78, 5) is 27.7. The Labute approximate surface area is 243 Å². The van der Waals surface area contributed by atoms with Crippen LogP contribution in [0.15, 0.2) is 84.9 Å². The van der Waals surface area contributed by atoms with Crippen molar-refractivity contribution in [3.8, 4) is 0 Å². The van der Waals surface area contributed by atoms with Gasteiger partial charge in [0.05, 0.1) is 30.8 Å². The van der Waals surface area contributed by atoms with E-state index in [9.17, 15) is 9.59 Å². The van der Waals surface area contributed by atoms with E-state index in [0.717, 1.165) is 36.8 Å². The van der Waals surface area contributed by atoms with Crippen LogP contribution in [-0.4, -0.2) is 49.2 Å². The minimum absolute atomic E-state index is 0.0526. The van der Waals surface area contributed by atoms with Gasteiger partial charge < -0.3 is 21.1 Å².